The number of hydrogen-bond acceptors (Lipinski definition) is 3. The molecule has 6 heteroatoms. The van der Waals surface area contributed by atoms with Gasteiger partial charge in [0, 0.05) is 17.6 Å². The molecule has 2 aromatic heterocycles. The number of thiazole rings is 1. The van der Waals surface area contributed by atoms with Crippen molar-refractivity contribution in [3.8, 4) is 0 Å². The fourth-order valence-corrected chi connectivity index (χ4v) is 3.53. The highest BCUT2D eigenvalue weighted by molar-refractivity contribution is 7.09. The van der Waals surface area contributed by atoms with Crippen molar-refractivity contribution < 1.29 is 4.39 Å². The summed E-state index contributed by atoms with van der Waals surface area (Å²) >= 11 is 7.90. The number of aromatic nitrogens is 3. The van der Waals surface area contributed by atoms with E-state index < -0.39 is 0 Å². The summed E-state index contributed by atoms with van der Waals surface area (Å²) in [5.74, 6) is 0.461. The molecule has 0 aliphatic heterocycles. The fourth-order valence-electron chi connectivity index (χ4n) is 2.57. The second kappa shape index (κ2) is 5.73. The van der Waals surface area contributed by atoms with E-state index in [1.165, 1.54) is 12.1 Å². The lowest BCUT2D eigenvalue weighted by Gasteiger charge is -2.19. The smallest absolute Gasteiger partial charge is 0.128 e. The van der Waals surface area contributed by atoms with Crippen LogP contribution in [0.5, 0.6) is 0 Å². The van der Waals surface area contributed by atoms with Crippen LogP contribution in [-0.4, -0.2) is 14.5 Å². The molecule has 2 unspecified atom stereocenters. The van der Waals surface area contributed by atoms with Gasteiger partial charge in [0.25, 0.3) is 0 Å². The van der Waals surface area contributed by atoms with Gasteiger partial charge in [-0.25, -0.2) is 14.4 Å². The summed E-state index contributed by atoms with van der Waals surface area (Å²) in [4.78, 5) is 8.94. The van der Waals surface area contributed by atoms with E-state index in [2.05, 4.69) is 21.5 Å². The molecule has 0 aliphatic rings. The second-order valence-electron chi connectivity index (χ2n) is 4.88. The van der Waals surface area contributed by atoms with E-state index in [1.807, 2.05) is 12.3 Å². The summed E-state index contributed by atoms with van der Waals surface area (Å²) in [6.07, 6.45) is 2.66. The Bertz CT molecular complexity index is 752. The van der Waals surface area contributed by atoms with E-state index in [-0.39, 0.29) is 17.2 Å². The third kappa shape index (κ3) is 2.56. The molecule has 2 heterocycles. The zero-order valence-corrected chi connectivity index (χ0v) is 13.3. The van der Waals surface area contributed by atoms with Gasteiger partial charge in [-0.1, -0.05) is 6.92 Å². The molecule has 21 heavy (non-hydrogen) atoms. The van der Waals surface area contributed by atoms with Crippen molar-refractivity contribution in [2.24, 2.45) is 0 Å². The van der Waals surface area contributed by atoms with E-state index >= 15 is 0 Å². The van der Waals surface area contributed by atoms with Crippen molar-refractivity contribution >= 4 is 34.0 Å². The Kier molecular flexibility index (Phi) is 3.95. The number of fused-ring (bicyclic) bond motifs is 1. The zero-order valence-electron chi connectivity index (χ0n) is 11.8. The molecule has 0 radical (unpaired) electrons. The van der Waals surface area contributed by atoms with Crippen LogP contribution in [0.4, 0.5) is 4.39 Å². The lowest BCUT2D eigenvalue weighted by molar-refractivity contribution is 0.552. The highest BCUT2D eigenvalue weighted by Gasteiger charge is 2.23. The van der Waals surface area contributed by atoms with Crippen LogP contribution in [0.25, 0.3) is 11.0 Å². The van der Waals surface area contributed by atoms with Gasteiger partial charge in [0.2, 0.25) is 0 Å². The number of hydrogen-bond donors (Lipinski definition) is 0. The van der Waals surface area contributed by atoms with Gasteiger partial charge in [-0.3, -0.25) is 0 Å². The molecular formula is C15H15ClFN3S. The number of rotatable bonds is 4. The van der Waals surface area contributed by atoms with E-state index in [9.17, 15) is 4.39 Å². The molecule has 0 bridgehead atoms. The summed E-state index contributed by atoms with van der Waals surface area (Å²) in [5.41, 5.74) is 1.52. The van der Waals surface area contributed by atoms with E-state index in [4.69, 9.17) is 11.6 Å². The molecule has 0 fully saturated rings. The summed E-state index contributed by atoms with van der Waals surface area (Å²) in [7, 11) is 0. The minimum absolute atomic E-state index is 0.0664. The fraction of sp³-hybridized carbons (Fsp3) is 0.333. The SMILES string of the molecule is CCC(c1nccs1)n1c(C(C)Cl)nc2cc(F)ccc21. The first kappa shape index (κ1) is 14.5. The molecule has 3 nitrogen and oxygen atoms in total. The molecule has 2 atom stereocenters. The van der Waals surface area contributed by atoms with Crippen molar-refractivity contribution in [1.82, 2.24) is 14.5 Å². The van der Waals surface area contributed by atoms with Crippen molar-refractivity contribution in [3.05, 3.63) is 46.4 Å². The van der Waals surface area contributed by atoms with E-state index in [1.54, 1.807) is 23.6 Å². The van der Waals surface area contributed by atoms with Crippen LogP contribution >= 0.6 is 22.9 Å². The molecule has 1 aromatic carbocycles. The molecule has 0 N–H and O–H groups in total. The van der Waals surface area contributed by atoms with Crippen molar-refractivity contribution in [1.29, 1.82) is 0 Å². The summed E-state index contributed by atoms with van der Waals surface area (Å²) in [6.45, 7) is 3.98. The van der Waals surface area contributed by atoms with Gasteiger partial charge in [0.05, 0.1) is 22.5 Å². The topological polar surface area (TPSA) is 30.7 Å². The normalized spacial score (nSPS) is 14.5. The third-order valence-corrected chi connectivity index (χ3v) is 4.54. The van der Waals surface area contributed by atoms with Crippen LogP contribution in [0.2, 0.25) is 0 Å². The predicted molar refractivity (Wildman–Crippen MR) is 84.5 cm³/mol. The van der Waals surface area contributed by atoms with Gasteiger partial charge >= 0.3 is 0 Å². The minimum Gasteiger partial charge on any atom is -0.317 e. The maximum Gasteiger partial charge on any atom is 0.128 e. The average Bonchev–Trinajstić information content (AvgIpc) is 3.08. The second-order valence-corrected chi connectivity index (χ2v) is 6.46. The Morgan fingerprint density at radius 3 is 2.86 bits per heavy atom. The Morgan fingerprint density at radius 2 is 2.24 bits per heavy atom. The highest BCUT2D eigenvalue weighted by Crippen LogP contribution is 2.33. The lowest BCUT2D eigenvalue weighted by atomic mass is 10.2. The summed E-state index contributed by atoms with van der Waals surface area (Å²) in [6, 6.07) is 4.73. The minimum atomic E-state index is -0.289. The highest BCUT2D eigenvalue weighted by atomic mass is 35.5. The maximum atomic E-state index is 13.4. The number of halogens is 2. The number of nitrogens with zero attached hydrogens (tertiary/aromatic N) is 3. The standard InChI is InChI=1S/C15H15ClFN3S/c1-3-12(15-18-6-7-21-15)20-13-5-4-10(17)8-11(13)19-14(20)9(2)16/h4-9,12H,3H2,1-2H3. The van der Waals surface area contributed by atoms with E-state index in [0.29, 0.717) is 5.52 Å². The first-order valence-corrected chi connectivity index (χ1v) is 8.14. The lowest BCUT2D eigenvalue weighted by Crippen LogP contribution is -2.13. The zero-order chi connectivity index (χ0) is 15.0. The monoisotopic (exact) mass is 323 g/mol. The predicted octanol–water partition coefficient (Wildman–Crippen LogP) is 4.93. The Balaban J connectivity index is 2.26. The van der Waals surface area contributed by atoms with Crippen molar-refractivity contribution in [2.75, 3.05) is 0 Å². The molecule has 0 saturated heterocycles. The molecule has 3 aromatic rings. The van der Waals surface area contributed by atoms with Crippen molar-refractivity contribution in [3.63, 3.8) is 0 Å². The third-order valence-electron chi connectivity index (χ3n) is 3.47. The first-order chi connectivity index (χ1) is 10.1. The molecule has 3 rings (SSSR count). The van der Waals surface area contributed by atoms with Crippen LogP contribution in [0.1, 0.15) is 42.5 Å². The van der Waals surface area contributed by atoms with Crippen LogP contribution in [0.15, 0.2) is 29.8 Å². The quantitative estimate of drug-likeness (QED) is 0.637. The van der Waals surface area contributed by atoms with E-state index in [0.717, 1.165) is 22.8 Å². The van der Waals surface area contributed by atoms with Crippen molar-refractivity contribution in [2.45, 2.75) is 31.7 Å². The molecule has 0 aliphatic carbocycles. The molecule has 0 spiro atoms. The number of imidazole rings is 1. The Morgan fingerprint density at radius 1 is 1.43 bits per heavy atom. The van der Waals surface area contributed by atoms with Gasteiger partial charge in [-0.2, -0.15) is 0 Å². The van der Waals surface area contributed by atoms with Crippen LogP contribution in [0, 0.1) is 5.82 Å². The van der Waals surface area contributed by atoms with Gasteiger partial charge in [-0.05, 0) is 25.5 Å². The molecule has 0 amide bonds. The molecular weight excluding hydrogens is 309 g/mol. The Labute approximate surface area is 131 Å². The molecule has 110 valence electrons. The molecule has 0 saturated carbocycles. The van der Waals surface area contributed by atoms with Crippen LogP contribution < -0.4 is 0 Å². The van der Waals surface area contributed by atoms with Gasteiger partial charge in [0.1, 0.15) is 16.6 Å². The summed E-state index contributed by atoms with van der Waals surface area (Å²) in [5, 5.41) is 2.72. The average molecular weight is 324 g/mol. The first-order valence-electron chi connectivity index (χ1n) is 6.82. The van der Waals surface area contributed by atoms with Gasteiger partial charge in [-0.15, -0.1) is 22.9 Å². The largest absolute Gasteiger partial charge is 0.317 e. The van der Waals surface area contributed by atoms with Gasteiger partial charge < -0.3 is 4.57 Å². The van der Waals surface area contributed by atoms with Crippen LogP contribution in [0.3, 0.4) is 0 Å². The maximum absolute atomic E-state index is 13.4. The number of alkyl halides is 1. The van der Waals surface area contributed by atoms with Gasteiger partial charge in [0.15, 0.2) is 0 Å². The number of benzene rings is 1. The Hall–Kier alpha value is -1.46. The van der Waals surface area contributed by atoms with Crippen LogP contribution in [-0.2, 0) is 0 Å². The summed E-state index contributed by atoms with van der Waals surface area (Å²) < 4.78 is 15.5.